The molecule has 1 rings (SSSR count). The second-order valence-electron chi connectivity index (χ2n) is 4.57. The number of carbonyl (C=O) groups is 1. The molecule has 0 saturated carbocycles. The van der Waals surface area contributed by atoms with Gasteiger partial charge in [0.2, 0.25) is 0 Å². The zero-order chi connectivity index (χ0) is 13.7. The van der Waals surface area contributed by atoms with Crippen LogP contribution in [0.5, 0.6) is 0 Å². The lowest BCUT2D eigenvalue weighted by atomic mass is 10.1. The molecule has 4 N–H and O–H groups in total. The number of carboxylic acid groups (broad SMARTS) is 1. The zero-order valence-electron chi connectivity index (χ0n) is 11.1. The van der Waals surface area contributed by atoms with E-state index >= 15 is 0 Å². The van der Waals surface area contributed by atoms with Gasteiger partial charge in [-0.15, -0.1) is 0 Å². The number of nitrogens with two attached hydrogens (primary N) is 1. The molecule has 5 nitrogen and oxygen atoms in total. The number of nitrogens with one attached hydrogen (secondary N) is 1. The highest BCUT2D eigenvalue weighted by atomic mass is 16.4. The first-order valence-electron chi connectivity index (χ1n) is 5.99. The second-order valence-corrected chi connectivity index (χ2v) is 4.57. The van der Waals surface area contributed by atoms with Crippen LogP contribution in [-0.2, 0) is 0 Å². The van der Waals surface area contributed by atoms with E-state index in [4.69, 9.17) is 10.8 Å². The van der Waals surface area contributed by atoms with Crippen molar-refractivity contribution < 1.29 is 9.90 Å². The largest absolute Gasteiger partial charge is 0.478 e. The summed E-state index contributed by atoms with van der Waals surface area (Å²) in [5, 5.41) is 12.1. The van der Waals surface area contributed by atoms with Crippen LogP contribution in [0, 0.1) is 0 Å². The minimum absolute atomic E-state index is 0.136. The van der Waals surface area contributed by atoms with Crippen LogP contribution in [0.3, 0.4) is 0 Å². The van der Waals surface area contributed by atoms with Crippen molar-refractivity contribution in [2.45, 2.75) is 19.9 Å². The molecule has 18 heavy (non-hydrogen) atoms. The van der Waals surface area contributed by atoms with Crippen molar-refractivity contribution in [2.75, 3.05) is 31.2 Å². The number of rotatable bonds is 6. The first-order valence-corrected chi connectivity index (χ1v) is 5.99. The quantitative estimate of drug-likeness (QED) is 0.671. The molecule has 0 saturated heterocycles. The fourth-order valence-electron chi connectivity index (χ4n) is 1.53. The van der Waals surface area contributed by atoms with Gasteiger partial charge in [-0.1, -0.05) is 6.07 Å². The van der Waals surface area contributed by atoms with Crippen molar-refractivity contribution in [2.24, 2.45) is 0 Å². The third kappa shape index (κ3) is 3.63. The molecule has 0 radical (unpaired) electrons. The van der Waals surface area contributed by atoms with Crippen LogP contribution in [0.2, 0.25) is 0 Å². The molecule has 0 unspecified atom stereocenters. The molecular weight excluding hydrogens is 230 g/mol. The number of carboxylic acids is 1. The number of anilines is 2. The molecule has 0 amide bonds. The minimum Gasteiger partial charge on any atom is -0.478 e. The first-order chi connectivity index (χ1) is 8.43. The number of nitrogens with zero attached hydrogens (tertiary/aromatic N) is 1. The highest BCUT2D eigenvalue weighted by molar-refractivity contribution is 5.97. The van der Waals surface area contributed by atoms with Crippen molar-refractivity contribution in [1.82, 2.24) is 4.90 Å². The molecule has 0 aliphatic heterocycles. The van der Waals surface area contributed by atoms with Crippen LogP contribution in [0.4, 0.5) is 11.4 Å². The zero-order valence-corrected chi connectivity index (χ0v) is 11.1. The predicted molar refractivity (Wildman–Crippen MR) is 74.1 cm³/mol. The minimum atomic E-state index is -1.00. The number of likely N-dealkylation sites (N-methyl/N-ethyl adjacent to an activating group) is 1. The molecule has 0 bridgehead atoms. The van der Waals surface area contributed by atoms with E-state index in [1.165, 1.54) is 6.07 Å². The standard InChI is InChI=1S/C13H21N3O2/c1-9(2)16(3)8-7-15-11-6-4-5-10(12(11)14)13(17)18/h4-6,9,15H,7-8,14H2,1-3H3,(H,17,18). The Hall–Kier alpha value is -1.75. The van der Waals surface area contributed by atoms with E-state index in [1.807, 2.05) is 7.05 Å². The maximum atomic E-state index is 10.9. The normalized spacial score (nSPS) is 10.9. The molecule has 0 aromatic heterocycles. The van der Waals surface area contributed by atoms with Gasteiger partial charge < -0.3 is 21.1 Å². The predicted octanol–water partition coefficient (Wildman–Crippen LogP) is 1.72. The van der Waals surface area contributed by atoms with Crippen LogP contribution < -0.4 is 11.1 Å². The Morgan fingerprint density at radius 1 is 1.50 bits per heavy atom. The van der Waals surface area contributed by atoms with Crippen molar-refractivity contribution in [3.05, 3.63) is 23.8 Å². The van der Waals surface area contributed by atoms with E-state index in [9.17, 15) is 4.79 Å². The average Bonchev–Trinajstić information content (AvgIpc) is 2.30. The highest BCUT2D eigenvalue weighted by Crippen LogP contribution is 2.22. The Balaban J connectivity index is 2.63. The lowest BCUT2D eigenvalue weighted by Gasteiger charge is -2.21. The molecule has 0 atom stereocenters. The third-order valence-corrected chi connectivity index (χ3v) is 3.00. The van der Waals surface area contributed by atoms with E-state index in [0.29, 0.717) is 11.7 Å². The topological polar surface area (TPSA) is 78.6 Å². The van der Waals surface area contributed by atoms with Crippen molar-refractivity contribution in [3.8, 4) is 0 Å². The summed E-state index contributed by atoms with van der Waals surface area (Å²) >= 11 is 0. The summed E-state index contributed by atoms with van der Waals surface area (Å²) in [6, 6.07) is 5.46. The van der Waals surface area contributed by atoms with Gasteiger partial charge in [0.1, 0.15) is 0 Å². The molecule has 1 aromatic carbocycles. The van der Waals surface area contributed by atoms with Gasteiger partial charge in [0, 0.05) is 19.1 Å². The fraction of sp³-hybridized carbons (Fsp3) is 0.462. The Kier molecular flexibility index (Phi) is 4.97. The molecule has 0 fully saturated rings. The molecule has 0 aliphatic carbocycles. The lowest BCUT2D eigenvalue weighted by Crippen LogP contribution is -2.31. The van der Waals surface area contributed by atoms with Crippen molar-refractivity contribution in [1.29, 1.82) is 0 Å². The van der Waals surface area contributed by atoms with Crippen molar-refractivity contribution in [3.63, 3.8) is 0 Å². The van der Waals surface area contributed by atoms with Crippen LogP contribution in [0.1, 0.15) is 24.2 Å². The van der Waals surface area contributed by atoms with Gasteiger partial charge in [0.25, 0.3) is 0 Å². The van der Waals surface area contributed by atoms with Gasteiger partial charge in [-0.25, -0.2) is 4.79 Å². The molecule has 0 heterocycles. The second kappa shape index (κ2) is 6.26. The summed E-state index contributed by atoms with van der Waals surface area (Å²) in [6.45, 7) is 5.84. The summed E-state index contributed by atoms with van der Waals surface area (Å²) in [5.74, 6) is -1.00. The van der Waals surface area contributed by atoms with Crippen LogP contribution in [0.25, 0.3) is 0 Å². The van der Waals surface area contributed by atoms with E-state index in [-0.39, 0.29) is 11.3 Å². The third-order valence-electron chi connectivity index (χ3n) is 3.00. The number of para-hydroxylation sites is 1. The van der Waals surface area contributed by atoms with E-state index in [1.54, 1.807) is 12.1 Å². The summed E-state index contributed by atoms with van der Waals surface area (Å²) in [5.41, 5.74) is 6.90. The maximum absolute atomic E-state index is 10.9. The Labute approximate surface area is 108 Å². The van der Waals surface area contributed by atoms with Crippen LogP contribution in [0.15, 0.2) is 18.2 Å². The van der Waals surface area contributed by atoms with E-state index in [2.05, 4.69) is 24.1 Å². The Morgan fingerprint density at radius 3 is 2.72 bits per heavy atom. The summed E-state index contributed by atoms with van der Waals surface area (Å²) in [4.78, 5) is 13.1. The van der Waals surface area contributed by atoms with Crippen molar-refractivity contribution >= 4 is 17.3 Å². The maximum Gasteiger partial charge on any atom is 0.337 e. The monoisotopic (exact) mass is 251 g/mol. The lowest BCUT2D eigenvalue weighted by molar-refractivity contribution is 0.0698. The summed E-state index contributed by atoms with van der Waals surface area (Å²) < 4.78 is 0. The summed E-state index contributed by atoms with van der Waals surface area (Å²) in [7, 11) is 2.05. The average molecular weight is 251 g/mol. The molecular formula is C13H21N3O2. The Morgan fingerprint density at radius 2 is 2.17 bits per heavy atom. The SMILES string of the molecule is CC(C)N(C)CCNc1cccc(C(=O)O)c1N. The van der Waals surface area contributed by atoms with Crippen LogP contribution in [-0.4, -0.2) is 42.2 Å². The molecule has 5 heteroatoms. The Bertz CT molecular complexity index is 419. The molecule has 0 aliphatic rings. The van der Waals surface area contributed by atoms with Gasteiger partial charge in [-0.05, 0) is 33.0 Å². The van der Waals surface area contributed by atoms with Gasteiger partial charge in [-0.3, -0.25) is 0 Å². The van der Waals surface area contributed by atoms with E-state index < -0.39 is 5.97 Å². The van der Waals surface area contributed by atoms with Gasteiger partial charge in [0.05, 0.1) is 16.9 Å². The van der Waals surface area contributed by atoms with Gasteiger partial charge in [0.15, 0.2) is 0 Å². The van der Waals surface area contributed by atoms with Gasteiger partial charge in [-0.2, -0.15) is 0 Å². The number of hydrogen-bond acceptors (Lipinski definition) is 4. The number of aromatic carboxylic acids is 1. The highest BCUT2D eigenvalue weighted by Gasteiger charge is 2.10. The fourth-order valence-corrected chi connectivity index (χ4v) is 1.53. The number of benzene rings is 1. The molecule has 0 spiro atoms. The van der Waals surface area contributed by atoms with E-state index in [0.717, 1.165) is 13.1 Å². The van der Waals surface area contributed by atoms with Crippen LogP contribution >= 0.6 is 0 Å². The number of hydrogen-bond donors (Lipinski definition) is 3. The molecule has 1 aromatic rings. The molecule has 100 valence electrons. The first kappa shape index (κ1) is 14.3. The smallest absolute Gasteiger partial charge is 0.337 e. The number of nitrogen functional groups attached to an aromatic ring is 1. The van der Waals surface area contributed by atoms with Gasteiger partial charge >= 0.3 is 5.97 Å². The summed E-state index contributed by atoms with van der Waals surface area (Å²) in [6.07, 6.45) is 0.